The molecule has 4 amide bonds. The fraction of sp³-hybridized carbons (Fsp3) is 0.632. The maximum absolute atomic E-state index is 12.5. The van der Waals surface area contributed by atoms with Gasteiger partial charge in [0.15, 0.2) is 5.78 Å². The number of Topliss-reactive ketones (excluding diaryl/α,β-unsaturated/α-hetero) is 1. The van der Waals surface area contributed by atoms with Gasteiger partial charge in [-0.25, -0.2) is 0 Å². The number of carbonyl (C=O) groups is 5. The van der Waals surface area contributed by atoms with Crippen LogP contribution in [0.2, 0.25) is 0 Å². The Kier molecular flexibility index (Phi) is 8.33. The van der Waals surface area contributed by atoms with Gasteiger partial charge < -0.3 is 10.6 Å². The fourth-order valence-corrected chi connectivity index (χ4v) is 2.65. The third kappa shape index (κ3) is 6.30. The zero-order valence-electron chi connectivity index (χ0n) is 16.6. The van der Waals surface area contributed by atoms with E-state index in [-0.39, 0.29) is 33.4 Å². The number of carbonyl (C=O) groups excluding carboxylic acids is 5. The van der Waals surface area contributed by atoms with Gasteiger partial charge >= 0.3 is 0 Å². The molecule has 154 valence electrons. The number of imide groups is 1. The highest BCUT2D eigenvalue weighted by molar-refractivity contribution is 6.13. The van der Waals surface area contributed by atoms with Crippen LogP contribution in [0.3, 0.4) is 0 Å². The van der Waals surface area contributed by atoms with Gasteiger partial charge in [-0.05, 0) is 19.3 Å². The molecule has 8 heteroatoms. The maximum atomic E-state index is 12.5. The molecule has 0 bridgehead atoms. The van der Waals surface area contributed by atoms with Gasteiger partial charge in [-0.2, -0.15) is 0 Å². The van der Waals surface area contributed by atoms with Crippen LogP contribution in [0.25, 0.3) is 0 Å². The second-order valence-electron chi connectivity index (χ2n) is 7.14. The zero-order chi connectivity index (χ0) is 20.7. The summed E-state index contributed by atoms with van der Waals surface area (Å²) >= 11 is 0. The van der Waals surface area contributed by atoms with Gasteiger partial charge in [0.2, 0.25) is 11.8 Å². The third-order valence-corrected chi connectivity index (χ3v) is 4.61. The number of nitrogens with one attached hydrogen (secondary N) is 2. The number of hydrogen-bond acceptors (Lipinski definition) is 5. The van der Waals surface area contributed by atoms with Gasteiger partial charge in [-0.15, -0.1) is 0 Å². The molecule has 2 N–H and O–H groups in total. The summed E-state index contributed by atoms with van der Waals surface area (Å²) in [5.41, 5.74) is 0. The second kappa shape index (κ2) is 9.99. The molecule has 0 aromatic heterocycles. The summed E-state index contributed by atoms with van der Waals surface area (Å²) in [4.78, 5) is 60.8. The molecule has 0 aromatic rings. The number of hydrogen-bond donors (Lipinski definition) is 2. The van der Waals surface area contributed by atoms with Crippen LogP contribution >= 0.6 is 0 Å². The molecular formula is C19H33N3O5. The standard InChI is InChI=1S/C19H29N3O5.2H2/c1-6-12(4)18(26)13(5)20-19(27)17(11(2)3)21-14(23)9-10-22-15(24)7-8-16(22)25;;/h7-8,11-13,17H,6,9-10H2,1-5H3,(H,20,27)(H,21,23);2*1H. The van der Waals surface area contributed by atoms with Crippen molar-refractivity contribution in [3.05, 3.63) is 12.2 Å². The molecule has 3 atom stereocenters. The number of nitrogens with zero attached hydrogens (tertiary/aromatic N) is 1. The van der Waals surface area contributed by atoms with E-state index in [1.54, 1.807) is 20.8 Å². The lowest BCUT2D eigenvalue weighted by atomic mass is 9.97. The molecule has 0 fully saturated rings. The lowest BCUT2D eigenvalue weighted by Crippen LogP contribution is -2.53. The molecule has 0 saturated carbocycles. The average molecular weight is 383 g/mol. The van der Waals surface area contributed by atoms with Crippen molar-refractivity contribution >= 4 is 29.4 Å². The van der Waals surface area contributed by atoms with E-state index in [1.807, 2.05) is 13.8 Å². The Bertz CT molecular complexity index is 634. The Hall–Kier alpha value is -2.51. The van der Waals surface area contributed by atoms with Gasteiger partial charge in [0, 0.05) is 33.9 Å². The minimum Gasteiger partial charge on any atom is -0.345 e. The first-order valence-electron chi connectivity index (χ1n) is 9.25. The van der Waals surface area contributed by atoms with Crippen LogP contribution < -0.4 is 10.6 Å². The molecule has 0 aliphatic carbocycles. The Labute approximate surface area is 162 Å². The summed E-state index contributed by atoms with van der Waals surface area (Å²) in [7, 11) is 0. The average Bonchev–Trinajstić information content (AvgIpc) is 2.93. The third-order valence-electron chi connectivity index (χ3n) is 4.61. The van der Waals surface area contributed by atoms with E-state index >= 15 is 0 Å². The molecule has 0 spiro atoms. The molecule has 3 unspecified atom stereocenters. The van der Waals surface area contributed by atoms with E-state index in [0.29, 0.717) is 6.42 Å². The van der Waals surface area contributed by atoms with Crippen molar-refractivity contribution in [2.45, 2.75) is 59.5 Å². The minimum absolute atomic E-state index is 0. The van der Waals surface area contributed by atoms with Crippen molar-refractivity contribution in [2.24, 2.45) is 11.8 Å². The molecule has 1 heterocycles. The van der Waals surface area contributed by atoms with Crippen molar-refractivity contribution in [1.82, 2.24) is 15.5 Å². The van der Waals surface area contributed by atoms with Gasteiger partial charge in [0.05, 0.1) is 6.04 Å². The van der Waals surface area contributed by atoms with Crippen LogP contribution in [-0.2, 0) is 24.0 Å². The van der Waals surface area contributed by atoms with Crippen molar-refractivity contribution in [2.75, 3.05) is 6.54 Å². The molecular weight excluding hydrogens is 350 g/mol. The number of rotatable bonds is 10. The number of ketones is 1. The molecule has 1 aliphatic rings. The lowest BCUT2D eigenvalue weighted by Gasteiger charge is -2.25. The first-order valence-corrected chi connectivity index (χ1v) is 9.25. The van der Waals surface area contributed by atoms with Gasteiger partial charge in [-0.1, -0.05) is 27.7 Å². The minimum atomic E-state index is -0.812. The summed E-state index contributed by atoms with van der Waals surface area (Å²) in [6.07, 6.45) is 2.89. The van der Waals surface area contributed by atoms with Crippen LogP contribution in [0, 0.1) is 11.8 Å². The summed E-state index contributed by atoms with van der Waals surface area (Å²) in [5, 5.41) is 5.29. The van der Waals surface area contributed by atoms with Gasteiger partial charge in [0.25, 0.3) is 11.8 Å². The van der Waals surface area contributed by atoms with Crippen molar-refractivity contribution in [3.63, 3.8) is 0 Å². The molecule has 27 heavy (non-hydrogen) atoms. The van der Waals surface area contributed by atoms with Crippen molar-refractivity contribution in [1.29, 1.82) is 0 Å². The fourth-order valence-electron chi connectivity index (χ4n) is 2.65. The molecule has 8 nitrogen and oxygen atoms in total. The molecule has 1 aliphatic heterocycles. The normalized spacial score (nSPS) is 17.0. The summed E-state index contributed by atoms with van der Waals surface area (Å²) in [6, 6.07) is -1.45. The summed E-state index contributed by atoms with van der Waals surface area (Å²) in [5.74, 6) is -2.20. The Morgan fingerprint density at radius 3 is 2.07 bits per heavy atom. The molecule has 0 saturated heterocycles. The Morgan fingerprint density at radius 1 is 1.04 bits per heavy atom. The predicted molar refractivity (Wildman–Crippen MR) is 104 cm³/mol. The molecule has 0 aromatic carbocycles. The predicted octanol–water partition coefficient (Wildman–Crippen LogP) is 1.05. The van der Waals surface area contributed by atoms with Crippen LogP contribution in [0.15, 0.2) is 12.2 Å². The maximum Gasteiger partial charge on any atom is 0.253 e. The van der Waals surface area contributed by atoms with E-state index in [2.05, 4.69) is 10.6 Å². The van der Waals surface area contributed by atoms with Crippen molar-refractivity contribution in [3.8, 4) is 0 Å². The van der Waals surface area contributed by atoms with E-state index in [0.717, 1.165) is 17.1 Å². The quantitative estimate of drug-likeness (QED) is 0.548. The van der Waals surface area contributed by atoms with Crippen LogP contribution in [0.1, 0.15) is 50.3 Å². The SMILES string of the molecule is CCC(C)C(=O)C(C)NC(=O)C(NC(=O)CCN1C(=O)C=CC1=O)C(C)C.[HH].[HH]. The summed E-state index contributed by atoms with van der Waals surface area (Å²) < 4.78 is 0. The van der Waals surface area contributed by atoms with Crippen LogP contribution in [0.5, 0.6) is 0 Å². The highest BCUT2D eigenvalue weighted by Crippen LogP contribution is 2.08. The molecule has 0 radical (unpaired) electrons. The molecule has 1 rings (SSSR count). The first-order chi connectivity index (χ1) is 12.6. The largest absolute Gasteiger partial charge is 0.345 e. The Balaban J connectivity index is 0. The van der Waals surface area contributed by atoms with Crippen molar-refractivity contribution < 1.29 is 26.8 Å². The highest BCUT2D eigenvalue weighted by atomic mass is 16.2. The monoisotopic (exact) mass is 383 g/mol. The summed E-state index contributed by atoms with van der Waals surface area (Å²) in [6.45, 7) is 8.85. The van der Waals surface area contributed by atoms with E-state index in [4.69, 9.17) is 0 Å². The number of amides is 4. The van der Waals surface area contributed by atoms with Gasteiger partial charge in [0.1, 0.15) is 6.04 Å². The Morgan fingerprint density at radius 2 is 1.59 bits per heavy atom. The highest BCUT2D eigenvalue weighted by Gasteiger charge is 2.29. The van der Waals surface area contributed by atoms with Gasteiger partial charge in [-0.3, -0.25) is 28.9 Å². The smallest absolute Gasteiger partial charge is 0.253 e. The lowest BCUT2D eigenvalue weighted by molar-refractivity contribution is -0.137. The van der Waals surface area contributed by atoms with E-state index in [9.17, 15) is 24.0 Å². The van der Waals surface area contributed by atoms with Crippen LogP contribution in [-0.4, -0.2) is 52.9 Å². The zero-order valence-corrected chi connectivity index (χ0v) is 16.6. The van der Waals surface area contributed by atoms with E-state index in [1.165, 1.54) is 0 Å². The van der Waals surface area contributed by atoms with E-state index < -0.39 is 35.7 Å². The topological polar surface area (TPSA) is 113 Å². The second-order valence-corrected chi connectivity index (χ2v) is 7.14. The first kappa shape index (κ1) is 22.5. The van der Waals surface area contributed by atoms with Crippen LogP contribution in [0.4, 0.5) is 0 Å².